The minimum Gasteiger partial charge on any atom is -0.481 e. The molecule has 0 saturated carbocycles. The Morgan fingerprint density at radius 1 is 0.914 bits per heavy atom. The highest BCUT2D eigenvalue weighted by atomic mass is 16.4. The minimum atomic E-state index is -1.000. The molecule has 0 radical (unpaired) electrons. The van der Waals surface area contributed by atoms with Crippen LogP contribution in [0.15, 0.2) is 48.5 Å². The number of benzene rings is 2. The number of anilines is 2. The van der Waals surface area contributed by atoms with Crippen LogP contribution in [0.1, 0.15) is 38.3 Å². The standard InChI is InChI=1S/C26H34N4O5/c1-16(2)13-22(24(32)27-15-18(4)25(33)34)29-23(31)14-19-9-11-20(12-10-19)28-26(35)30-21-8-6-5-7-17(21)3/h5-12,16,18,22H,13-15H2,1-4H3,(H,27,32)(H,29,31)(H,33,34)(H2,28,30,35)/t18?,22-/m0/s1. The summed E-state index contributed by atoms with van der Waals surface area (Å²) < 4.78 is 0. The fourth-order valence-corrected chi connectivity index (χ4v) is 3.30. The summed E-state index contributed by atoms with van der Waals surface area (Å²) in [4.78, 5) is 48.3. The van der Waals surface area contributed by atoms with E-state index in [9.17, 15) is 19.2 Å². The Labute approximate surface area is 205 Å². The van der Waals surface area contributed by atoms with Crippen molar-refractivity contribution >= 4 is 35.2 Å². The monoisotopic (exact) mass is 482 g/mol. The number of aryl methyl sites for hydroxylation is 1. The first kappa shape index (κ1) is 27.4. The van der Waals surface area contributed by atoms with Gasteiger partial charge in [0.2, 0.25) is 11.8 Å². The van der Waals surface area contributed by atoms with Gasteiger partial charge in [-0.25, -0.2) is 4.79 Å². The molecule has 4 amide bonds. The number of urea groups is 1. The third-order valence-corrected chi connectivity index (χ3v) is 5.33. The topological polar surface area (TPSA) is 137 Å². The average molecular weight is 483 g/mol. The van der Waals surface area contributed by atoms with Gasteiger partial charge in [0.05, 0.1) is 12.3 Å². The molecule has 2 aromatic carbocycles. The molecule has 0 aliphatic carbocycles. The smallest absolute Gasteiger partial charge is 0.323 e. The second kappa shape index (κ2) is 13.1. The number of carboxylic acids is 1. The number of carboxylic acid groups (broad SMARTS) is 1. The first-order valence-electron chi connectivity index (χ1n) is 11.6. The Bertz CT molecular complexity index is 1040. The molecule has 0 aliphatic heterocycles. The zero-order valence-corrected chi connectivity index (χ0v) is 20.6. The maximum Gasteiger partial charge on any atom is 0.323 e. The van der Waals surface area contributed by atoms with Crippen LogP contribution in [0, 0.1) is 18.8 Å². The first-order chi connectivity index (χ1) is 16.5. The zero-order valence-electron chi connectivity index (χ0n) is 20.6. The third-order valence-electron chi connectivity index (χ3n) is 5.33. The van der Waals surface area contributed by atoms with E-state index in [1.165, 1.54) is 6.92 Å². The molecule has 0 spiro atoms. The lowest BCUT2D eigenvalue weighted by Crippen LogP contribution is -2.49. The van der Waals surface area contributed by atoms with Crippen LogP contribution in [0.25, 0.3) is 0 Å². The van der Waals surface area contributed by atoms with Crippen LogP contribution in [0.5, 0.6) is 0 Å². The number of carbonyl (C=O) groups is 4. The lowest BCUT2D eigenvalue weighted by Gasteiger charge is -2.21. The highest BCUT2D eigenvalue weighted by molar-refractivity contribution is 6.00. The highest BCUT2D eigenvalue weighted by Crippen LogP contribution is 2.15. The molecule has 0 aliphatic rings. The van der Waals surface area contributed by atoms with Crippen molar-refractivity contribution < 1.29 is 24.3 Å². The predicted octanol–water partition coefficient (Wildman–Crippen LogP) is 3.55. The van der Waals surface area contributed by atoms with Gasteiger partial charge in [-0.05, 0) is 48.6 Å². The maximum atomic E-state index is 12.6. The molecule has 9 nitrogen and oxygen atoms in total. The molecule has 35 heavy (non-hydrogen) atoms. The quantitative estimate of drug-likeness (QED) is 0.334. The van der Waals surface area contributed by atoms with E-state index in [0.29, 0.717) is 12.1 Å². The lowest BCUT2D eigenvalue weighted by molar-refractivity contribution is -0.141. The Hall–Kier alpha value is -3.88. The molecule has 188 valence electrons. The van der Waals surface area contributed by atoms with E-state index >= 15 is 0 Å². The van der Waals surface area contributed by atoms with Gasteiger partial charge >= 0.3 is 12.0 Å². The summed E-state index contributed by atoms with van der Waals surface area (Å²) in [7, 11) is 0. The van der Waals surface area contributed by atoms with Gasteiger partial charge in [0, 0.05) is 17.9 Å². The molecule has 2 aromatic rings. The van der Waals surface area contributed by atoms with Crippen LogP contribution in [0.4, 0.5) is 16.2 Å². The van der Waals surface area contributed by atoms with E-state index in [0.717, 1.165) is 16.8 Å². The van der Waals surface area contributed by atoms with Crippen molar-refractivity contribution in [3.63, 3.8) is 0 Å². The fourth-order valence-electron chi connectivity index (χ4n) is 3.30. The number of para-hydroxylation sites is 1. The van der Waals surface area contributed by atoms with Gasteiger partial charge in [0.15, 0.2) is 0 Å². The van der Waals surface area contributed by atoms with Gasteiger partial charge in [-0.15, -0.1) is 0 Å². The minimum absolute atomic E-state index is 0.00941. The SMILES string of the molecule is Cc1ccccc1NC(=O)Nc1ccc(CC(=O)N[C@@H](CC(C)C)C(=O)NCC(C)C(=O)O)cc1. The number of hydrogen-bond acceptors (Lipinski definition) is 4. The lowest BCUT2D eigenvalue weighted by atomic mass is 10.0. The van der Waals surface area contributed by atoms with Gasteiger partial charge < -0.3 is 26.4 Å². The van der Waals surface area contributed by atoms with Crippen molar-refractivity contribution in [1.29, 1.82) is 0 Å². The molecule has 0 fully saturated rings. The van der Waals surface area contributed by atoms with E-state index < -0.39 is 23.8 Å². The second-order valence-corrected chi connectivity index (χ2v) is 9.00. The van der Waals surface area contributed by atoms with E-state index in [4.69, 9.17) is 5.11 Å². The Balaban J connectivity index is 1.90. The molecular weight excluding hydrogens is 448 g/mol. The van der Waals surface area contributed by atoms with Crippen molar-refractivity contribution in [2.24, 2.45) is 11.8 Å². The van der Waals surface area contributed by atoms with Crippen LogP contribution in [-0.2, 0) is 20.8 Å². The maximum absolute atomic E-state index is 12.6. The Kier molecular flexibility index (Phi) is 10.3. The number of hydrogen-bond donors (Lipinski definition) is 5. The molecule has 0 saturated heterocycles. The summed E-state index contributed by atoms with van der Waals surface area (Å²) >= 11 is 0. The van der Waals surface area contributed by atoms with Crippen LogP contribution in [0.3, 0.4) is 0 Å². The van der Waals surface area contributed by atoms with Crippen LogP contribution < -0.4 is 21.3 Å². The highest BCUT2D eigenvalue weighted by Gasteiger charge is 2.23. The largest absolute Gasteiger partial charge is 0.481 e. The van der Waals surface area contributed by atoms with Gasteiger partial charge in [0.25, 0.3) is 0 Å². The number of amides is 4. The average Bonchev–Trinajstić information content (AvgIpc) is 2.79. The molecular formula is C26H34N4O5. The summed E-state index contributed by atoms with van der Waals surface area (Å²) in [6.45, 7) is 7.27. The van der Waals surface area contributed by atoms with E-state index in [1.54, 1.807) is 24.3 Å². The Morgan fingerprint density at radius 3 is 2.17 bits per heavy atom. The van der Waals surface area contributed by atoms with Gasteiger partial charge in [-0.2, -0.15) is 0 Å². The molecule has 2 atom stereocenters. The molecule has 2 rings (SSSR count). The van der Waals surface area contributed by atoms with E-state index in [2.05, 4.69) is 21.3 Å². The van der Waals surface area contributed by atoms with Crippen LogP contribution >= 0.6 is 0 Å². The molecule has 0 aromatic heterocycles. The van der Waals surface area contributed by atoms with Crippen LogP contribution in [0.2, 0.25) is 0 Å². The molecule has 0 bridgehead atoms. The molecule has 9 heteroatoms. The predicted molar refractivity (Wildman–Crippen MR) is 135 cm³/mol. The number of aliphatic carboxylic acids is 1. The number of nitrogens with one attached hydrogen (secondary N) is 4. The van der Waals surface area contributed by atoms with Crippen molar-refractivity contribution in [3.05, 3.63) is 59.7 Å². The summed E-state index contributed by atoms with van der Waals surface area (Å²) in [5.74, 6) is -2.30. The van der Waals surface area contributed by atoms with E-state index in [1.807, 2.05) is 45.0 Å². The van der Waals surface area contributed by atoms with E-state index in [-0.39, 0.29) is 30.8 Å². The summed E-state index contributed by atoms with van der Waals surface area (Å²) in [5.41, 5.74) is 2.96. The van der Waals surface area contributed by atoms with Crippen molar-refractivity contribution in [2.75, 3.05) is 17.2 Å². The first-order valence-corrected chi connectivity index (χ1v) is 11.6. The number of rotatable bonds is 11. The number of carbonyl (C=O) groups excluding carboxylic acids is 3. The molecule has 0 heterocycles. The normalized spacial score (nSPS) is 12.4. The van der Waals surface area contributed by atoms with Gasteiger partial charge in [-0.1, -0.05) is 51.1 Å². The summed E-state index contributed by atoms with van der Waals surface area (Å²) in [6.07, 6.45) is 0.487. The van der Waals surface area contributed by atoms with Crippen molar-refractivity contribution in [1.82, 2.24) is 10.6 Å². The van der Waals surface area contributed by atoms with Gasteiger partial charge in [-0.3, -0.25) is 14.4 Å². The molecule has 1 unspecified atom stereocenters. The summed E-state index contributed by atoms with van der Waals surface area (Å²) in [5, 5.41) is 19.9. The van der Waals surface area contributed by atoms with Crippen molar-refractivity contribution in [3.8, 4) is 0 Å². The van der Waals surface area contributed by atoms with Gasteiger partial charge in [0.1, 0.15) is 6.04 Å². The third kappa shape index (κ3) is 9.48. The van der Waals surface area contributed by atoms with Crippen molar-refractivity contribution in [2.45, 2.75) is 46.6 Å². The Morgan fingerprint density at radius 2 is 1.57 bits per heavy atom. The second-order valence-electron chi connectivity index (χ2n) is 9.00. The zero-order chi connectivity index (χ0) is 26.0. The fraction of sp³-hybridized carbons (Fsp3) is 0.385. The molecule has 5 N–H and O–H groups in total. The summed E-state index contributed by atoms with van der Waals surface area (Å²) in [6, 6.07) is 13.2. The van der Waals surface area contributed by atoms with Crippen LogP contribution in [-0.4, -0.2) is 41.5 Å².